The predicted octanol–water partition coefficient (Wildman–Crippen LogP) is 0.683. The quantitative estimate of drug-likeness (QED) is 0.686. The lowest BCUT2D eigenvalue weighted by Crippen LogP contribution is -2.37. The van der Waals surface area contributed by atoms with E-state index in [2.05, 4.69) is 17.3 Å². The van der Waals surface area contributed by atoms with Crippen LogP contribution in [0.1, 0.15) is 12.8 Å². The van der Waals surface area contributed by atoms with E-state index in [1.54, 1.807) is 0 Å². The van der Waals surface area contributed by atoms with Crippen molar-refractivity contribution >= 4 is 17.5 Å². The Kier molecular flexibility index (Phi) is 4.53. The first-order chi connectivity index (χ1) is 6.22. The van der Waals surface area contributed by atoms with Crippen molar-refractivity contribution in [1.29, 1.82) is 0 Å². The molecule has 1 aliphatic rings. The van der Waals surface area contributed by atoms with Crippen molar-refractivity contribution in [3.05, 3.63) is 0 Å². The minimum atomic E-state index is -0.0550. The SMILES string of the molecule is CN1CCC(CNC(=O)CCl)CC1. The van der Waals surface area contributed by atoms with Gasteiger partial charge in [-0.05, 0) is 38.9 Å². The molecule has 0 bridgehead atoms. The molecule has 1 heterocycles. The van der Waals surface area contributed by atoms with E-state index in [0.717, 1.165) is 19.6 Å². The van der Waals surface area contributed by atoms with Gasteiger partial charge in [0.05, 0.1) is 0 Å². The number of amides is 1. The molecular formula is C9H17ClN2O. The van der Waals surface area contributed by atoms with Gasteiger partial charge in [-0.1, -0.05) is 0 Å². The fourth-order valence-electron chi connectivity index (χ4n) is 1.57. The molecule has 0 atom stereocenters. The summed E-state index contributed by atoms with van der Waals surface area (Å²) < 4.78 is 0. The van der Waals surface area contributed by atoms with Gasteiger partial charge in [-0.3, -0.25) is 4.79 Å². The molecule has 1 N–H and O–H groups in total. The van der Waals surface area contributed by atoms with E-state index in [9.17, 15) is 4.79 Å². The van der Waals surface area contributed by atoms with Crippen molar-refractivity contribution in [2.24, 2.45) is 5.92 Å². The summed E-state index contributed by atoms with van der Waals surface area (Å²) in [7, 11) is 2.13. The van der Waals surface area contributed by atoms with Crippen LogP contribution in [0.15, 0.2) is 0 Å². The number of nitrogens with one attached hydrogen (secondary N) is 1. The summed E-state index contributed by atoms with van der Waals surface area (Å²) in [5.41, 5.74) is 0. The zero-order valence-electron chi connectivity index (χ0n) is 8.05. The van der Waals surface area contributed by atoms with Gasteiger partial charge in [0.1, 0.15) is 5.88 Å². The van der Waals surface area contributed by atoms with Gasteiger partial charge >= 0.3 is 0 Å². The Bertz CT molecular complexity index is 167. The smallest absolute Gasteiger partial charge is 0.234 e. The monoisotopic (exact) mass is 204 g/mol. The zero-order chi connectivity index (χ0) is 9.68. The summed E-state index contributed by atoms with van der Waals surface area (Å²) in [6.45, 7) is 3.07. The number of nitrogens with zero attached hydrogens (tertiary/aromatic N) is 1. The van der Waals surface area contributed by atoms with Gasteiger partial charge in [-0.25, -0.2) is 0 Å². The number of rotatable bonds is 3. The molecule has 0 spiro atoms. The van der Waals surface area contributed by atoms with Gasteiger partial charge in [0.2, 0.25) is 5.91 Å². The first-order valence-corrected chi connectivity index (χ1v) is 5.27. The third-order valence-electron chi connectivity index (χ3n) is 2.55. The number of hydrogen-bond donors (Lipinski definition) is 1. The number of carbonyl (C=O) groups is 1. The third-order valence-corrected chi connectivity index (χ3v) is 2.79. The maximum atomic E-state index is 10.9. The van der Waals surface area contributed by atoms with Crippen molar-refractivity contribution in [1.82, 2.24) is 10.2 Å². The molecule has 76 valence electrons. The van der Waals surface area contributed by atoms with Crippen molar-refractivity contribution < 1.29 is 4.79 Å². The molecule has 0 radical (unpaired) electrons. The van der Waals surface area contributed by atoms with E-state index in [4.69, 9.17) is 11.6 Å². The van der Waals surface area contributed by atoms with Gasteiger partial charge in [-0.15, -0.1) is 11.6 Å². The molecule has 1 amide bonds. The van der Waals surface area contributed by atoms with E-state index >= 15 is 0 Å². The molecule has 1 saturated heterocycles. The summed E-state index contributed by atoms with van der Waals surface area (Å²) in [4.78, 5) is 13.2. The Morgan fingerprint density at radius 3 is 2.69 bits per heavy atom. The zero-order valence-corrected chi connectivity index (χ0v) is 8.81. The molecular weight excluding hydrogens is 188 g/mol. The Labute approximate surface area is 84.4 Å². The second-order valence-electron chi connectivity index (χ2n) is 3.68. The van der Waals surface area contributed by atoms with Crippen molar-refractivity contribution in [3.63, 3.8) is 0 Å². The summed E-state index contributed by atoms with van der Waals surface area (Å²) in [5.74, 6) is 0.663. The van der Waals surface area contributed by atoms with Crippen LogP contribution in [0.4, 0.5) is 0 Å². The number of piperidine rings is 1. The molecule has 0 aromatic rings. The van der Waals surface area contributed by atoms with Gasteiger partial charge in [0.15, 0.2) is 0 Å². The lowest BCUT2D eigenvalue weighted by atomic mass is 9.97. The van der Waals surface area contributed by atoms with Crippen LogP contribution in [0.25, 0.3) is 0 Å². The third kappa shape index (κ3) is 3.96. The summed E-state index contributed by atoms with van der Waals surface area (Å²) in [5, 5.41) is 2.83. The number of halogens is 1. The van der Waals surface area contributed by atoms with Crippen LogP contribution in [0.5, 0.6) is 0 Å². The molecule has 1 aliphatic heterocycles. The van der Waals surface area contributed by atoms with Crippen LogP contribution < -0.4 is 5.32 Å². The van der Waals surface area contributed by atoms with E-state index in [1.807, 2.05) is 0 Å². The second-order valence-corrected chi connectivity index (χ2v) is 3.95. The van der Waals surface area contributed by atoms with Crippen molar-refractivity contribution in [2.75, 3.05) is 32.6 Å². The molecule has 13 heavy (non-hydrogen) atoms. The maximum absolute atomic E-state index is 10.9. The molecule has 3 nitrogen and oxygen atoms in total. The molecule has 0 unspecified atom stereocenters. The number of alkyl halides is 1. The largest absolute Gasteiger partial charge is 0.355 e. The minimum absolute atomic E-state index is 0.0550. The molecule has 4 heteroatoms. The Morgan fingerprint density at radius 2 is 2.15 bits per heavy atom. The summed E-state index contributed by atoms with van der Waals surface area (Å²) >= 11 is 5.37. The van der Waals surface area contributed by atoms with Crippen LogP contribution >= 0.6 is 11.6 Å². The minimum Gasteiger partial charge on any atom is -0.355 e. The predicted molar refractivity (Wildman–Crippen MR) is 54.0 cm³/mol. The van der Waals surface area contributed by atoms with E-state index in [0.29, 0.717) is 5.92 Å². The molecule has 0 aromatic carbocycles. The van der Waals surface area contributed by atoms with E-state index in [-0.39, 0.29) is 11.8 Å². The second kappa shape index (κ2) is 5.45. The Hall–Kier alpha value is -0.280. The average molecular weight is 205 g/mol. The maximum Gasteiger partial charge on any atom is 0.234 e. The summed E-state index contributed by atoms with van der Waals surface area (Å²) in [6.07, 6.45) is 2.36. The van der Waals surface area contributed by atoms with Crippen LogP contribution in [0.2, 0.25) is 0 Å². The number of likely N-dealkylation sites (tertiary alicyclic amines) is 1. The standard InChI is InChI=1S/C9H17ClN2O/c1-12-4-2-8(3-5-12)7-11-9(13)6-10/h8H,2-7H2,1H3,(H,11,13). The van der Waals surface area contributed by atoms with Gasteiger partial charge in [-0.2, -0.15) is 0 Å². The lowest BCUT2D eigenvalue weighted by Gasteiger charge is -2.28. The molecule has 0 aliphatic carbocycles. The van der Waals surface area contributed by atoms with E-state index in [1.165, 1.54) is 12.8 Å². The average Bonchev–Trinajstić information content (AvgIpc) is 2.16. The number of carbonyl (C=O) groups excluding carboxylic acids is 1. The first-order valence-electron chi connectivity index (χ1n) is 4.73. The normalized spacial score (nSPS) is 20.2. The van der Waals surface area contributed by atoms with Crippen LogP contribution in [-0.4, -0.2) is 43.4 Å². The fraction of sp³-hybridized carbons (Fsp3) is 0.889. The highest BCUT2D eigenvalue weighted by Crippen LogP contribution is 2.14. The van der Waals surface area contributed by atoms with Crippen LogP contribution in [0, 0.1) is 5.92 Å². The molecule has 1 rings (SSSR count). The highest BCUT2D eigenvalue weighted by molar-refractivity contribution is 6.27. The summed E-state index contributed by atoms with van der Waals surface area (Å²) in [6, 6.07) is 0. The Balaban J connectivity index is 2.12. The fourth-order valence-corrected chi connectivity index (χ4v) is 1.67. The molecule has 0 aromatic heterocycles. The van der Waals surface area contributed by atoms with Crippen LogP contribution in [0.3, 0.4) is 0 Å². The van der Waals surface area contributed by atoms with Gasteiger partial charge in [0, 0.05) is 6.54 Å². The Morgan fingerprint density at radius 1 is 1.54 bits per heavy atom. The van der Waals surface area contributed by atoms with E-state index < -0.39 is 0 Å². The first kappa shape index (κ1) is 10.8. The van der Waals surface area contributed by atoms with Crippen LogP contribution in [-0.2, 0) is 4.79 Å². The van der Waals surface area contributed by atoms with Gasteiger partial charge < -0.3 is 10.2 Å². The number of hydrogen-bond acceptors (Lipinski definition) is 2. The molecule has 0 saturated carbocycles. The van der Waals surface area contributed by atoms with Crippen molar-refractivity contribution in [3.8, 4) is 0 Å². The topological polar surface area (TPSA) is 32.3 Å². The lowest BCUT2D eigenvalue weighted by molar-refractivity contribution is -0.118. The van der Waals surface area contributed by atoms with Gasteiger partial charge in [0.25, 0.3) is 0 Å². The van der Waals surface area contributed by atoms with Crippen molar-refractivity contribution in [2.45, 2.75) is 12.8 Å². The molecule has 1 fully saturated rings. The highest BCUT2D eigenvalue weighted by atomic mass is 35.5. The highest BCUT2D eigenvalue weighted by Gasteiger charge is 2.16.